The number of rotatable bonds is 3. The van der Waals surface area contributed by atoms with Gasteiger partial charge in [-0.3, -0.25) is 0 Å². The van der Waals surface area contributed by atoms with Crippen molar-refractivity contribution in [2.75, 3.05) is 20.6 Å². The molecule has 0 spiro atoms. The van der Waals surface area contributed by atoms with Gasteiger partial charge in [-0.15, -0.1) is 0 Å². The van der Waals surface area contributed by atoms with Crippen LogP contribution in [-0.2, 0) is 0 Å². The van der Waals surface area contributed by atoms with Crippen molar-refractivity contribution in [3.8, 4) is 0 Å². The van der Waals surface area contributed by atoms with Gasteiger partial charge in [0.05, 0.1) is 0 Å². The molecule has 0 radical (unpaired) electrons. The van der Waals surface area contributed by atoms with Gasteiger partial charge < -0.3 is 4.90 Å². The van der Waals surface area contributed by atoms with E-state index in [1.54, 1.807) is 0 Å². The van der Waals surface area contributed by atoms with E-state index in [-0.39, 0.29) is 0 Å². The van der Waals surface area contributed by atoms with E-state index in [4.69, 9.17) is 0 Å². The molecule has 0 N–H and O–H groups in total. The van der Waals surface area contributed by atoms with Gasteiger partial charge in [0.25, 0.3) is 0 Å². The Hall–Kier alpha value is -0.820. The molecule has 0 saturated heterocycles. The maximum Gasteiger partial charge on any atom is 0.00127 e. The van der Waals surface area contributed by atoms with Gasteiger partial charge in [-0.2, -0.15) is 0 Å². The molecule has 0 aromatic carbocycles. The van der Waals surface area contributed by atoms with Crippen molar-refractivity contribution in [1.82, 2.24) is 4.90 Å². The van der Waals surface area contributed by atoms with Crippen LogP contribution in [0.15, 0.2) is 36.0 Å². The van der Waals surface area contributed by atoms with Crippen LogP contribution in [0.2, 0.25) is 0 Å². The van der Waals surface area contributed by atoms with E-state index in [2.05, 4.69) is 49.4 Å². The molecular weight excluding hydrogens is 146 g/mol. The van der Waals surface area contributed by atoms with E-state index >= 15 is 0 Å². The van der Waals surface area contributed by atoms with Crippen LogP contribution >= 0.6 is 0 Å². The minimum Gasteiger partial charge on any atom is -0.309 e. The SMILES string of the molecule is CN(C)CCC1=CC=CC=CC1. The van der Waals surface area contributed by atoms with Gasteiger partial charge in [-0.25, -0.2) is 0 Å². The monoisotopic (exact) mass is 163 g/mol. The normalized spacial score (nSPS) is 16.4. The molecule has 0 aliphatic heterocycles. The average Bonchev–Trinajstić information content (AvgIpc) is 2.28. The summed E-state index contributed by atoms with van der Waals surface area (Å²) in [4.78, 5) is 2.22. The summed E-state index contributed by atoms with van der Waals surface area (Å²) in [6.45, 7) is 1.15. The second-order valence-electron chi connectivity index (χ2n) is 3.40. The molecule has 0 fully saturated rings. The van der Waals surface area contributed by atoms with Crippen LogP contribution in [0.25, 0.3) is 0 Å². The largest absolute Gasteiger partial charge is 0.309 e. The summed E-state index contributed by atoms with van der Waals surface area (Å²) in [6.07, 6.45) is 13.0. The fraction of sp³-hybridized carbons (Fsp3) is 0.455. The van der Waals surface area contributed by atoms with E-state index in [9.17, 15) is 0 Å². The highest BCUT2D eigenvalue weighted by molar-refractivity contribution is 5.23. The Labute approximate surface area is 75.1 Å². The van der Waals surface area contributed by atoms with Gasteiger partial charge in [0.1, 0.15) is 0 Å². The molecule has 1 nitrogen and oxygen atoms in total. The Morgan fingerprint density at radius 2 is 2.08 bits per heavy atom. The number of hydrogen-bond acceptors (Lipinski definition) is 1. The van der Waals surface area contributed by atoms with E-state index in [0.29, 0.717) is 0 Å². The molecule has 1 aliphatic rings. The quantitative estimate of drug-likeness (QED) is 0.617. The third-order valence-corrected chi connectivity index (χ3v) is 1.95. The minimum atomic E-state index is 1.11. The average molecular weight is 163 g/mol. The maximum atomic E-state index is 2.23. The lowest BCUT2D eigenvalue weighted by molar-refractivity contribution is 0.412. The van der Waals surface area contributed by atoms with Gasteiger partial charge in [-0.1, -0.05) is 36.0 Å². The summed E-state index contributed by atoms with van der Waals surface area (Å²) in [5, 5.41) is 0. The number of nitrogens with zero attached hydrogens (tertiary/aromatic N) is 1. The summed E-state index contributed by atoms with van der Waals surface area (Å²) >= 11 is 0. The second kappa shape index (κ2) is 4.94. The van der Waals surface area contributed by atoms with E-state index in [1.165, 1.54) is 12.0 Å². The van der Waals surface area contributed by atoms with Gasteiger partial charge in [0.15, 0.2) is 0 Å². The number of allylic oxidation sites excluding steroid dienone is 5. The summed E-state index contributed by atoms with van der Waals surface area (Å²) in [5.74, 6) is 0. The van der Waals surface area contributed by atoms with E-state index in [1.807, 2.05) is 0 Å². The van der Waals surface area contributed by atoms with E-state index < -0.39 is 0 Å². The zero-order valence-electron chi connectivity index (χ0n) is 7.96. The van der Waals surface area contributed by atoms with Crippen LogP contribution in [-0.4, -0.2) is 25.5 Å². The summed E-state index contributed by atoms with van der Waals surface area (Å²) in [7, 11) is 4.23. The van der Waals surface area contributed by atoms with Crippen molar-refractivity contribution in [2.45, 2.75) is 12.8 Å². The highest BCUT2D eigenvalue weighted by atomic mass is 15.0. The second-order valence-corrected chi connectivity index (χ2v) is 3.40. The lowest BCUT2D eigenvalue weighted by Gasteiger charge is -2.10. The highest BCUT2D eigenvalue weighted by Gasteiger charge is 1.96. The molecule has 0 heterocycles. The molecule has 0 amide bonds. The first-order valence-electron chi connectivity index (χ1n) is 4.45. The van der Waals surface area contributed by atoms with Gasteiger partial charge in [0.2, 0.25) is 0 Å². The van der Waals surface area contributed by atoms with Gasteiger partial charge >= 0.3 is 0 Å². The van der Waals surface area contributed by atoms with Crippen molar-refractivity contribution in [3.63, 3.8) is 0 Å². The third kappa shape index (κ3) is 3.54. The molecule has 0 bridgehead atoms. The molecule has 1 heteroatoms. The van der Waals surface area contributed by atoms with Crippen molar-refractivity contribution < 1.29 is 0 Å². The molecule has 66 valence electrons. The molecule has 1 rings (SSSR count). The van der Waals surface area contributed by atoms with Crippen molar-refractivity contribution in [2.24, 2.45) is 0 Å². The first-order chi connectivity index (χ1) is 5.79. The van der Waals surface area contributed by atoms with Crippen LogP contribution in [0.3, 0.4) is 0 Å². The summed E-state index contributed by atoms with van der Waals surface area (Å²) in [5.41, 5.74) is 1.52. The maximum absolute atomic E-state index is 2.23. The smallest absolute Gasteiger partial charge is 0.00127 e. The van der Waals surface area contributed by atoms with Crippen LogP contribution in [0, 0.1) is 0 Å². The Balaban J connectivity index is 2.36. The highest BCUT2D eigenvalue weighted by Crippen LogP contribution is 2.10. The standard InChI is InChI=1S/C11H17N/c1-12(2)10-9-11-7-5-3-4-6-8-11/h3-7H,8-10H2,1-2H3. The summed E-state index contributed by atoms with van der Waals surface area (Å²) in [6, 6.07) is 0. The van der Waals surface area contributed by atoms with Crippen molar-refractivity contribution in [3.05, 3.63) is 36.0 Å². The Bertz CT molecular complexity index is 209. The molecular formula is C11H17N. The molecule has 0 saturated carbocycles. The van der Waals surface area contributed by atoms with Crippen LogP contribution in [0.1, 0.15) is 12.8 Å². The first-order valence-corrected chi connectivity index (χ1v) is 4.45. The van der Waals surface area contributed by atoms with E-state index in [0.717, 1.165) is 13.0 Å². The fourth-order valence-corrected chi connectivity index (χ4v) is 1.17. The topological polar surface area (TPSA) is 3.24 Å². The molecule has 0 aromatic rings. The minimum absolute atomic E-state index is 1.11. The Morgan fingerprint density at radius 1 is 1.25 bits per heavy atom. The lowest BCUT2D eigenvalue weighted by Crippen LogP contribution is -2.13. The Kier molecular flexibility index (Phi) is 3.81. The fourth-order valence-electron chi connectivity index (χ4n) is 1.17. The van der Waals surface area contributed by atoms with Crippen LogP contribution in [0.4, 0.5) is 0 Å². The van der Waals surface area contributed by atoms with Gasteiger partial charge in [0, 0.05) is 6.54 Å². The van der Waals surface area contributed by atoms with Crippen LogP contribution < -0.4 is 0 Å². The lowest BCUT2D eigenvalue weighted by atomic mass is 10.1. The zero-order chi connectivity index (χ0) is 8.81. The van der Waals surface area contributed by atoms with Crippen molar-refractivity contribution >= 4 is 0 Å². The van der Waals surface area contributed by atoms with Crippen molar-refractivity contribution in [1.29, 1.82) is 0 Å². The first kappa shape index (κ1) is 9.27. The molecule has 1 aliphatic carbocycles. The predicted octanol–water partition coefficient (Wildman–Crippen LogP) is 2.38. The molecule has 0 unspecified atom stereocenters. The molecule has 12 heavy (non-hydrogen) atoms. The van der Waals surface area contributed by atoms with Gasteiger partial charge in [-0.05, 0) is 26.9 Å². The molecule has 0 aromatic heterocycles. The predicted molar refractivity (Wildman–Crippen MR) is 54.2 cm³/mol. The third-order valence-electron chi connectivity index (χ3n) is 1.95. The number of hydrogen-bond donors (Lipinski definition) is 0. The zero-order valence-corrected chi connectivity index (χ0v) is 7.96. The molecule has 0 atom stereocenters. The Morgan fingerprint density at radius 3 is 2.83 bits per heavy atom. The van der Waals surface area contributed by atoms with Crippen LogP contribution in [0.5, 0.6) is 0 Å². The summed E-state index contributed by atoms with van der Waals surface area (Å²) < 4.78 is 0.